The highest BCUT2D eigenvalue weighted by Gasteiger charge is 2.38. The van der Waals surface area contributed by atoms with Gasteiger partial charge in [-0.2, -0.15) is 0 Å². The van der Waals surface area contributed by atoms with Gasteiger partial charge in [-0.25, -0.2) is 4.39 Å². The minimum absolute atomic E-state index is 0.0349. The second-order valence-corrected chi connectivity index (χ2v) is 5.51. The zero-order valence-corrected chi connectivity index (χ0v) is 11.9. The predicted molar refractivity (Wildman–Crippen MR) is 70.3 cm³/mol. The van der Waals surface area contributed by atoms with Crippen LogP contribution in [0.15, 0.2) is 22.7 Å². The Balaban J connectivity index is 2.26. The van der Waals surface area contributed by atoms with Crippen LogP contribution in [-0.4, -0.2) is 34.5 Å². The predicted octanol–water partition coefficient (Wildman–Crippen LogP) is 2.52. The van der Waals surface area contributed by atoms with Gasteiger partial charge in [0.05, 0.1) is 11.5 Å². The number of carboxylic acid groups (broad SMARTS) is 1. The molecule has 1 aromatic rings. The number of rotatable bonds is 2. The Labute approximate surface area is 118 Å². The van der Waals surface area contributed by atoms with Crippen LogP contribution in [0.2, 0.25) is 0 Å². The van der Waals surface area contributed by atoms with E-state index in [-0.39, 0.29) is 5.56 Å². The molecule has 0 aliphatic carbocycles. The molecule has 4 nitrogen and oxygen atoms in total. The molecule has 0 spiro atoms. The Hall–Kier alpha value is -1.43. The van der Waals surface area contributed by atoms with Crippen LogP contribution in [0.3, 0.4) is 0 Å². The van der Waals surface area contributed by atoms with Gasteiger partial charge in [-0.3, -0.25) is 9.59 Å². The Morgan fingerprint density at radius 1 is 1.47 bits per heavy atom. The molecule has 1 saturated heterocycles. The number of likely N-dealkylation sites (tertiary alicyclic amines) is 1. The van der Waals surface area contributed by atoms with E-state index in [1.807, 2.05) is 0 Å². The number of amides is 1. The van der Waals surface area contributed by atoms with Crippen molar-refractivity contribution < 1.29 is 19.1 Å². The summed E-state index contributed by atoms with van der Waals surface area (Å²) in [6.07, 6.45) is 0.401. The molecule has 0 aromatic heterocycles. The highest BCUT2D eigenvalue weighted by Crippen LogP contribution is 2.27. The van der Waals surface area contributed by atoms with E-state index in [1.54, 1.807) is 6.92 Å². The van der Waals surface area contributed by atoms with Crippen LogP contribution >= 0.6 is 15.9 Å². The fraction of sp³-hybridized carbons (Fsp3) is 0.385. The van der Waals surface area contributed by atoms with E-state index in [0.717, 1.165) is 0 Å². The van der Waals surface area contributed by atoms with Crippen molar-refractivity contribution in [2.45, 2.75) is 19.4 Å². The summed E-state index contributed by atoms with van der Waals surface area (Å²) in [5.41, 5.74) is -0.0349. The lowest BCUT2D eigenvalue weighted by Gasteiger charge is -2.23. The number of halogens is 2. The molecule has 0 radical (unpaired) electrons. The number of carbonyl (C=O) groups excluding carboxylic acids is 1. The minimum atomic E-state index is -0.919. The van der Waals surface area contributed by atoms with Crippen LogP contribution in [0.4, 0.5) is 4.39 Å². The summed E-state index contributed by atoms with van der Waals surface area (Å²) in [5, 5.41) is 9.03. The molecule has 102 valence electrons. The largest absolute Gasteiger partial charge is 0.481 e. The first-order valence-corrected chi connectivity index (χ1v) is 6.70. The summed E-state index contributed by atoms with van der Waals surface area (Å²) in [5.74, 6) is -2.56. The molecule has 2 atom stereocenters. The first kappa shape index (κ1) is 14.0. The van der Waals surface area contributed by atoms with Crippen molar-refractivity contribution in [3.8, 4) is 0 Å². The van der Waals surface area contributed by atoms with Crippen molar-refractivity contribution in [2.24, 2.45) is 5.92 Å². The molecule has 0 saturated carbocycles. The number of hydrogen-bond donors (Lipinski definition) is 1. The number of hydrogen-bond acceptors (Lipinski definition) is 2. The van der Waals surface area contributed by atoms with E-state index in [0.29, 0.717) is 17.4 Å². The summed E-state index contributed by atoms with van der Waals surface area (Å²) in [6, 6.07) is 3.72. The first-order valence-electron chi connectivity index (χ1n) is 5.90. The zero-order chi connectivity index (χ0) is 14.2. The number of carboxylic acids is 1. The maximum Gasteiger partial charge on any atom is 0.308 e. The molecule has 6 heteroatoms. The van der Waals surface area contributed by atoms with Crippen LogP contribution in [0, 0.1) is 11.7 Å². The van der Waals surface area contributed by atoms with Gasteiger partial charge < -0.3 is 10.0 Å². The Kier molecular flexibility index (Phi) is 3.89. The standard InChI is InChI=1S/C13H13BrFNO3/c1-7-9(13(18)19)4-5-16(7)12(17)10-6-8(14)2-3-11(10)15/h2-3,6-7,9H,4-5H2,1H3,(H,18,19). The van der Waals surface area contributed by atoms with E-state index in [4.69, 9.17) is 5.11 Å². The Morgan fingerprint density at radius 2 is 2.16 bits per heavy atom. The van der Waals surface area contributed by atoms with Crippen LogP contribution in [0.1, 0.15) is 23.7 Å². The fourth-order valence-corrected chi connectivity index (χ4v) is 2.73. The van der Waals surface area contributed by atoms with E-state index >= 15 is 0 Å². The summed E-state index contributed by atoms with van der Waals surface area (Å²) in [7, 11) is 0. The van der Waals surface area contributed by atoms with Gasteiger partial charge >= 0.3 is 5.97 Å². The van der Waals surface area contributed by atoms with Gasteiger partial charge in [-0.05, 0) is 31.5 Å². The molecule has 2 rings (SSSR count). The summed E-state index contributed by atoms with van der Waals surface area (Å²) in [6.45, 7) is 2.02. The van der Waals surface area contributed by atoms with Crippen LogP contribution in [-0.2, 0) is 4.79 Å². The molecule has 1 N–H and O–H groups in total. The lowest BCUT2D eigenvalue weighted by atomic mass is 10.0. The van der Waals surface area contributed by atoms with Gasteiger partial charge in [-0.1, -0.05) is 15.9 Å². The summed E-state index contributed by atoms with van der Waals surface area (Å²) in [4.78, 5) is 24.7. The molecular weight excluding hydrogens is 317 g/mol. The Bertz CT molecular complexity index is 535. The molecular formula is C13H13BrFNO3. The Morgan fingerprint density at radius 3 is 2.74 bits per heavy atom. The van der Waals surface area contributed by atoms with Gasteiger partial charge in [0.1, 0.15) is 5.82 Å². The number of nitrogens with zero attached hydrogens (tertiary/aromatic N) is 1. The number of carbonyl (C=O) groups is 2. The third-order valence-corrected chi connectivity index (χ3v) is 3.99. The normalized spacial score (nSPS) is 22.6. The van der Waals surface area contributed by atoms with E-state index in [9.17, 15) is 14.0 Å². The van der Waals surface area contributed by atoms with Gasteiger partial charge in [-0.15, -0.1) is 0 Å². The van der Waals surface area contributed by atoms with Gasteiger partial charge in [0, 0.05) is 17.1 Å². The lowest BCUT2D eigenvalue weighted by molar-refractivity contribution is -0.142. The zero-order valence-electron chi connectivity index (χ0n) is 10.3. The third kappa shape index (κ3) is 2.63. The molecule has 1 amide bonds. The number of aliphatic carboxylic acids is 1. The highest BCUT2D eigenvalue weighted by molar-refractivity contribution is 9.10. The third-order valence-electron chi connectivity index (χ3n) is 3.49. The molecule has 1 aliphatic rings. The topological polar surface area (TPSA) is 57.6 Å². The van der Waals surface area contributed by atoms with Crippen LogP contribution in [0.5, 0.6) is 0 Å². The van der Waals surface area contributed by atoms with E-state index in [1.165, 1.54) is 23.1 Å². The van der Waals surface area contributed by atoms with E-state index in [2.05, 4.69) is 15.9 Å². The maximum absolute atomic E-state index is 13.7. The second kappa shape index (κ2) is 5.28. The van der Waals surface area contributed by atoms with Crippen molar-refractivity contribution in [2.75, 3.05) is 6.54 Å². The van der Waals surface area contributed by atoms with E-state index < -0.39 is 29.7 Å². The maximum atomic E-state index is 13.7. The smallest absolute Gasteiger partial charge is 0.308 e. The lowest BCUT2D eigenvalue weighted by Crippen LogP contribution is -2.38. The monoisotopic (exact) mass is 329 g/mol. The molecule has 1 aliphatic heterocycles. The van der Waals surface area contributed by atoms with Gasteiger partial charge in [0.2, 0.25) is 0 Å². The minimum Gasteiger partial charge on any atom is -0.481 e. The average molecular weight is 330 g/mol. The second-order valence-electron chi connectivity index (χ2n) is 4.60. The number of benzene rings is 1. The van der Waals surface area contributed by atoms with Crippen molar-refractivity contribution >= 4 is 27.8 Å². The SMILES string of the molecule is CC1C(C(=O)O)CCN1C(=O)c1cc(Br)ccc1F. The van der Waals surface area contributed by atoms with Gasteiger partial charge in [0.15, 0.2) is 0 Å². The van der Waals surface area contributed by atoms with Crippen molar-refractivity contribution in [1.29, 1.82) is 0 Å². The summed E-state index contributed by atoms with van der Waals surface area (Å²) >= 11 is 3.19. The molecule has 1 fully saturated rings. The molecule has 1 heterocycles. The average Bonchev–Trinajstić information content (AvgIpc) is 2.73. The van der Waals surface area contributed by atoms with Crippen LogP contribution < -0.4 is 0 Å². The summed E-state index contributed by atoms with van der Waals surface area (Å²) < 4.78 is 14.3. The molecule has 1 aromatic carbocycles. The molecule has 0 bridgehead atoms. The first-order chi connectivity index (χ1) is 8.91. The fourth-order valence-electron chi connectivity index (χ4n) is 2.37. The van der Waals surface area contributed by atoms with Gasteiger partial charge in [0.25, 0.3) is 5.91 Å². The molecule has 19 heavy (non-hydrogen) atoms. The van der Waals surface area contributed by atoms with Crippen molar-refractivity contribution in [1.82, 2.24) is 4.90 Å². The van der Waals surface area contributed by atoms with Crippen LogP contribution in [0.25, 0.3) is 0 Å². The van der Waals surface area contributed by atoms with Crippen molar-refractivity contribution in [3.63, 3.8) is 0 Å². The quantitative estimate of drug-likeness (QED) is 0.907. The van der Waals surface area contributed by atoms with Crippen molar-refractivity contribution in [3.05, 3.63) is 34.1 Å². The highest BCUT2D eigenvalue weighted by atomic mass is 79.9. The molecule has 2 unspecified atom stereocenters.